The predicted molar refractivity (Wildman–Crippen MR) is 132 cm³/mol. The van der Waals surface area contributed by atoms with Gasteiger partial charge in [-0.05, 0) is 42.0 Å². The van der Waals surface area contributed by atoms with Gasteiger partial charge in [0.2, 0.25) is 5.91 Å². The highest BCUT2D eigenvalue weighted by Crippen LogP contribution is 2.29. The quantitative estimate of drug-likeness (QED) is 0.321. The number of rotatable bonds is 8. The number of aromatic nitrogens is 2. The molecule has 166 valence electrons. The van der Waals surface area contributed by atoms with Gasteiger partial charge in [-0.2, -0.15) is 0 Å². The van der Waals surface area contributed by atoms with Gasteiger partial charge in [0.25, 0.3) is 5.91 Å². The minimum atomic E-state index is -0.512. The Labute approximate surface area is 204 Å². The van der Waals surface area contributed by atoms with Crippen LogP contribution >= 0.6 is 34.7 Å². The van der Waals surface area contributed by atoms with Gasteiger partial charge in [-0.25, -0.2) is 0 Å². The average molecular weight is 495 g/mol. The fourth-order valence-corrected chi connectivity index (χ4v) is 4.80. The van der Waals surface area contributed by atoms with Crippen molar-refractivity contribution in [1.82, 2.24) is 15.5 Å². The van der Waals surface area contributed by atoms with E-state index in [1.54, 1.807) is 29.8 Å². The maximum absolute atomic E-state index is 12.8. The highest BCUT2D eigenvalue weighted by molar-refractivity contribution is 8.01. The zero-order valence-corrected chi connectivity index (χ0v) is 19.7. The summed E-state index contributed by atoms with van der Waals surface area (Å²) in [5, 5.41) is 14.0. The van der Waals surface area contributed by atoms with E-state index in [1.165, 1.54) is 23.1 Å². The third kappa shape index (κ3) is 6.41. The Morgan fingerprint density at radius 2 is 1.70 bits per heavy atom. The number of hydrogen-bond donors (Lipinski definition) is 2. The topological polar surface area (TPSA) is 84.0 Å². The lowest BCUT2D eigenvalue weighted by Crippen LogP contribution is -2.31. The first-order valence-corrected chi connectivity index (χ1v) is 12.1. The summed E-state index contributed by atoms with van der Waals surface area (Å²) in [6.45, 7) is 0. The Morgan fingerprint density at radius 3 is 2.39 bits per heavy atom. The number of anilines is 1. The number of nitrogens with zero attached hydrogens (tertiary/aromatic N) is 2. The van der Waals surface area contributed by atoms with Gasteiger partial charge < -0.3 is 10.6 Å². The smallest absolute Gasteiger partial charge is 0.253 e. The van der Waals surface area contributed by atoms with Crippen molar-refractivity contribution in [2.24, 2.45) is 0 Å². The Bertz CT molecular complexity index is 1220. The molecule has 0 saturated heterocycles. The van der Waals surface area contributed by atoms with Crippen LogP contribution in [-0.4, -0.2) is 22.0 Å². The Kier molecular flexibility index (Phi) is 7.72. The van der Waals surface area contributed by atoms with Gasteiger partial charge in [0, 0.05) is 10.6 Å². The molecule has 1 unspecified atom stereocenters. The minimum Gasteiger partial charge on any atom is -0.345 e. The van der Waals surface area contributed by atoms with E-state index in [1.807, 2.05) is 54.6 Å². The second-order valence-electron chi connectivity index (χ2n) is 7.00. The Morgan fingerprint density at radius 1 is 0.970 bits per heavy atom. The van der Waals surface area contributed by atoms with Crippen LogP contribution in [0, 0.1) is 0 Å². The summed E-state index contributed by atoms with van der Waals surface area (Å²) in [5.41, 5.74) is 3.55. The first-order valence-electron chi connectivity index (χ1n) is 10.0. The second kappa shape index (κ2) is 11.1. The summed E-state index contributed by atoms with van der Waals surface area (Å²) in [5.74, 6) is -0.548. The van der Waals surface area contributed by atoms with Crippen molar-refractivity contribution in [2.45, 2.75) is 21.7 Å². The zero-order valence-electron chi connectivity index (χ0n) is 17.3. The predicted octanol–water partition coefficient (Wildman–Crippen LogP) is 5.84. The van der Waals surface area contributed by atoms with Crippen molar-refractivity contribution in [3.05, 3.63) is 101 Å². The van der Waals surface area contributed by atoms with Crippen LogP contribution in [0.3, 0.4) is 0 Å². The molecule has 0 fully saturated rings. The third-order valence-electron chi connectivity index (χ3n) is 4.70. The SMILES string of the molecule is O=C(CC(NC(=O)c1ccccc1Cl)c1ccccc1)Nc1ccc(Sc2nncs2)cc1. The standard InChI is InChI=1S/C24H19ClN4O2S2/c25-20-9-5-4-8-19(20)23(31)28-21(16-6-2-1-3-7-16)14-22(30)27-17-10-12-18(13-11-17)33-24-29-26-15-32-24/h1-13,15,21H,14H2,(H,27,30)(H,28,31). The molecule has 0 radical (unpaired) electrons. The highest BCUT2D eigenvalue weighted by atomic mass is 35.5. The van der Waals surface area contributed by atoms with E-state index in [9.17, 15) is 9.59 Å². The van der Waals surface area contributed by atoms with Gasteiger partial charge >= 0.3 is 0 Å². The van der Waals surface area contributed by atoms with Gasteiger partial charge in [0.1, 0.15) is 5.51 Å². The van der Waals surface area contributed by atoms with Crippen molar-refractivity contribution >= 4 is 52.2 Å². The average Bonchev–Trinajstić information content (AvgIpc) is 3.34. The number of benzene rings is 3. The Balaban J connectivity index is 1.43. The van der Waals surface area contributed by atoms with Crippen LogP contribution in [-0.2, 0) is 4.79 Å². The van der Waals surface area contributed by atoms with Crippen LogP contribution in [0.25, 0.3) is 0 Å². The Hall–Kier alpha value is -3.20. The molecule has 1 aromatic heterocycles. The second-order valence-corrected chi connectivity index (χ2v) is 9.56. The molecule has 0 saturated carbocycles. The molecule has 4 rings (SSSR count). The first kappa shape index (κ1) is 23.0. The maximum Gasteiger partial charge on any atom is 0.253 e. The van der Waals surface area contributed by atoms with Crippen molar-refractivity contribution in [2.75, 3.05) is 5.32 Å². The summed E-state index contributed by atoms with van der Waals surface area (Å²) < 4.78 is 0.853. The molecule has 0 bridgehead atoms. The zero-order chi connectivity index (χ0) is 23.0. The van der Waals surface area contributed by atoms with E-state index >= 15 is 0 Å². The number of halogens is 1. The molecule has 0 spiro atoms. The number of hydrogen-bond acceptors (Lipinski definition) is 6. The van der Waals surface area contributed by atoms with Crippen molar-refractivity contribution in [3.8, 4) is 0 Å². The van der Waals surface area contributed by atoms with E-state index in [0.29, 0.717) is 16.3 Å². The summed E-state index contributed by atoms with van der Waals surface area (Å²) in [7, 11) is 0. The molecule has 3 aromatic carbocycles. The third-order valence-corrected chi connectivity index (χ3v) is 6.81. The minimum absolute atomic E-state index is 0.0709. The van der Waals surface area contributed by atoms with Gasteiger partial charge in [0.15, 0.2) is 4.34 Å². The molecule has 33 heavy (non-hydrogen) atoms. The number of carbonyl (C=O) groups excluding carboxylic acids is 2. The van der Waals surface area contributed by atoms with Gasteiger partial charge in [0.05, 0.1) is 23.0 Å². The van der Waals surface area contributed by atoms with E-state index in [-0.39, 0.29) is 18.2 Å². The molecule has 2 amide bonds. The van der Waals surface area contributed by atoms with Crippen LogP contribution in [0.4, 0.5) is 5.69 Å². The molecule has 9 heteroatoms. The monoisotopic (exact) mass is 494 g/mol. The molecule has 1 heterocycles. The molecular weight excluding hydrogens is 476 g/mol. The van der Waals surface area contributed by atoms with Crippen LogP contribution in [0.5, 0.6) is 0 Å². The molecule has 0 aliphatic rings. The highest BCUT2D eigenvalue weighted by Gasteiger charge is 2.20. The molecule has 0 aliphatic carbocycles. The van der Waals surface area contributed by atoms with Gasteiger partial charge in [-0.1, -0.05) is 77.2 Å². The van der Waals surface area contributed by atoms with E-state index in [4.69, 9.17) is 11.6 Å². The summed E-state index contributed by atoms with van der Waals surface area (Å²) in [6, 6.07) is 23.2. The van der Waals surface area contributed by atoms with Crippen molar-refractivity contribution < 1.29 is 9.59 Å². The van der Waals surface area contributed by atoms with Crippen LogP contribution < -0.4 is 10.6 Å². The van der Waals surface area contributed by atoms with E-state index in [2.05, 4.69) is 20.8 Å². The van der Waals surface area contributed by atoms with Crippen molar-refractivity contribution in [3.63, 3.8) is 0 Å². The fourth-order valence-electron chi connectivity index (χ4n) is 3.13. The molecule has 4 aromatic rings. The van der Waals surface area contributed by atoms with Crippen LogP contribution in [0.1, 0.15) is 28.4 Å². The maximum atomic E-state index is 12.8. The normalized spacial score (nSPS) is 11.5. The lowest BCUT2D eigenvalue weighted by Gasteiger charge is -2.19. The first-order chi connectivity index (χ1) is 16.1. The lowest BCUT2D eigenvalue weighted by molar-refractivity contribution is -0.116. The summed E-state index contributed by atoms with van der Waals surface area (Å²) >= 11 is 9.15. The van der Waals surface area contributed by atoms with Crippen molar-refractivity contribution in [1.29, 1.82) is 0 Å². The fraction of sp³-hybridized carbons (Fsp3) is 0.0833. The molecule has 2 N–H and O–H groups in total. The van der Waals surface area contributed by atoms with E-state index < -0.39 is 6.04 Å². The van der Waals surface area contributed by atoms with Crippen LogP contribution in [0.15, 0.2) is 93.6 Å². The molecule has 1 atom stereocenters. The van der Waals surface area contributed by atoms with Gasteiger partial charge in [-0.3, -0.25) is 9.59 Å². The number of amides is 2. The molecule has 0 aliphatic heterocycles. The lowest BCUT2D eigenvalue weighted by atomic mass is 10.0. The van der Waals surface area contributed by atoms with E-state index in [0.717, 1.165) is 14.8 Å². The molecule has 6 nitrogen and oxygen atoms in total. The molecular formula is C24H19ClN4O2S2. The number of carbonyl (C=O) groups is 2. The number of nitrogens with one attached hydrogen (secondary N) is 2. The summed E-state index contributed by atoms with van der Waals surface area (Å²) in [4.78, 5) is 26.6. The van der Waals surface area contributed by atoms with Gasteiger partial charge in [-0.15, -0.1) is 10.2 Å². The van der Waals surface area contributed by atoms with Crippen LogP contribution in [0.2, 0.25) is 5.02 Å². The largest absolute Gasteiger partial charge is 0.345 e. The summed E-state index contributed by atoms with van der Waals surface area (Å²) in [6.07, 6.45) is 0.0709.